The Morgan fingerprint density at radius 3 is 1.20 bits per heavy atom. The number of unbranched alkanes of at least 4 members (excludes halogenated alkanes) is 14. The van der Waals surface area contributed by atoms with Gasteiger partial charge in [0.25, 0.3) is 0 Å². The minimum Gasteiger partial charge on any atom is -0.481 e. The third-order valence-corrected chi connectivity index (χ3v) is 8.37. The van der Waals surface area contributed by atoms with Crippen molar-refractivity contribution in [2.75, 3.05) is 6.54 Å². The number of hydrazine groups is 1. The molecule has 0 heterocycles. The van der Waals surface area contributed by atoms with Gasteiger partial charge in [0.1, 0.15) is 18.1 Å². The lowest BCUT2D eigenvalue weighted by molar-refractivity contribution is -0.143. The van der Waals surface area contributed by atoms with Crippen molar-refractivity contribution in [1.29, 1.82) is 0 Å². The first-order valence-corrected chi connectivity index (χ1v) is 18.1. The van der Waals surface area contributed by atoms with E-state index in [9.17, 15) is 43.8 Å². The molecule has 16 heteroatoms. The second kappa shape index (κ2) is 30.1. The Morgan fingerprint density at radius 1 is 0.420 bits per heavy atom. The SMILES string of the molecule is NN[C@@H](CCCCNC(=O)CC[C@H](NC(=O)CC[C@H](NC(=O)CCCCCCCCCCCCCCCCC(=O)O)C(=O)O)C(=O)O)C(=O)O. The molecule has 0 aromatic carbocycles. The summed E-state index contributed by atoms with van der Waals surface area (Å²) in [6.45, 7) is 0.255. The molecule has 0 rings (SSSR count). The molecule has 0 aromatic heterocycles. The average Bonchev–Trinajstić information content (AvgIpc) is 3.05. The average molecular weight is 716 g/mol. The minimum atomic E-state index is -1.36. The normalized spacial score (nSPS) is 12.7. The molecule has 10 N–H and O–H groups in total. The number of nitrogens with two attached hydrogens (primary N) is 1. The summed E-state index contributed by atoms with van der Waals surface area (Å²) in [7, 11) is 0. The van der Waals surface area contributed by atoms with Crippen molar-refractivity contribution in [2.24, 2.45) is 5.84 Å². The van der Waals surface area contributed by atoms with E-state index in [0.29, 0.717) is 19.3 Å². The summed E-state index contributed by atoms with van der Waals surface area (Å²) in [5.74, 6) is -0.875. The maximum absolute atomic E-state index is 12.4. The number of rotatable bonds is 34. The zero-order chi connectivity index (χ0) is 37.6. The lowest BCUT2D eigenvalue weighted by atomic mass is 10.0. The number of hydrogen-bond donors (Lipinski definition) is 9. The highest BCUT2D eigenvalue weighted by Gasteiger charge is 2.24. The van der Waals surface area contributed by atoms with E-state index in [4.69, 9.17) is 16.1 Å². The number of amides is 3. The molecular formula is C34H61N5O11. The highest BCUT2D eigenvalue weighted by atomic mass is 16.4. The Hall–Kier alpha value is -3.79. The van der Waals surface area contributed by atoms with Crippen LogP contribution in [-0.4, -0.2) is 86.7 Å². The van der Waals surface area contributed by atoms with Crippen LogP contribution in [0, 0.1) is 0 Å². The minimum absolute atomic E-state index is 0.170. The molecule has 0 bridgehead atoms. The molecule has 0 unspecified atom stereocenters. The smallest absolute Gasteiger partial charge is 0.326 e. The van der Waals surface area contributed by atoms with Gasteiger partial charge in [-0.1, -0.05) is 77.0 Å². The van der Waals surface area contributed by atoms with Gasteiger partial charge in [0.15, 0.2) is 0 Å². The van der Waals surface area contributed by atoms with Crippen molar-refractivity contribution >= 4 is 41.6 Å². The number of nitrogens with one attached hydrogen (secondary N) is 4. The summed E-state index contributed by atoms with van der Waals surface area (Å²) >= 11 is 0. The molecule has 0 radical (unpaired) electrons. The number of carboxylic acid groups (broad SMARTS) is 4. The van der Waals surface area contributed by atoms with Crippen LogP contribution < -0.4 is 27.2 Å². The van der Waals surface area contributed by atoms with Crippen LogP contribution in [0.4, 0.5) is 0 Å². The highest BCUT2D eigenvalue weighted by Crippen LogP contribution is 2.14. The van der Waals surface area contributed by atoms with Gasteiger partial charge in [-0.15, -0.1) is 0 Å². The monoisotopic (exact) mass is 715 g/mol. The van der Waals surface area contributed by atoms with Crippen molar-refractivity contribution in [3.8, 4) is 0 Å². The molecule has 0 saturated carbocycles. The lowest BCUT2D eigenvalue weighted by Gasteiger charge is -2.17. The topological polar surface area (TPSA) is 275 Å². The third-order valence-electron chi connectivity index (χ3n) is 8.37. The van der Waals surface area contributed by atoms with Gasteiger partial charge in [0.2, 0.25) is 17.7 Å². The van der Waals surface area contributed by atoms with Crippen molar-refractivity contribution in [2.45, 2.75) is 166 Å². The van der Waals surface area contributed by atoms with E-state index < -0.39 is 59.7 Å². The van der Waals surface area contributed by atoms with Crippen LogP contribution in [0.2, 0.25) is 0 Å². The number of hydrogen-bond acceptors (Lipinski definition) is 9. The summed E-state index contributed by atoms with van der Waals surface area (Å²) in [5.41, 5.74) is 2.18. The van der Waals surface area contributed by atoms with E-state index >= 15 is 0 Å². The molecule has 16 nitrogen and oxygen atoms in total. The van der Waals surface area contributed by atoms with E-state index in [1.54, 1.807) is 0 Å². The van der Waals surface area contributed by atoms with Crippen molar-refractivity contribution < 1.29 is 54.0 Å². The van der Waals surface area contributed by atoms with E-state index in [0.717, 1.165) is 51.4 Å². The van der Waals surface area contributed by atoms with Crippen LogP contribution in [0.3, 0.4) is 0 Å². The third kappa shape index (κ3) is 27.1. The number of aliphatic carboxylic acids is 4. The first kappa shape index (κ1) is 46.2. The molecule has 0 aliphatic carbocycles. The standard InChI is InChI=1S/C34H61N5O11/c35-39-27(34(49)50)17-15-16-24-36-28(40)22-20-25(32(45)46)38-30(42)23-21-26(33(47)48)37-29(41)18-13-11-9-7-5-3-1-2-4-6-8-10-12-14-19-31(43)44/h25-27,39H,1-24,35H2,(H,36,40)(H,37,41)(H,38,42)(H,43,44)(H,45,46)(H,47,48)(H,49,50)/t25-,26-,27-/m0/s1. The van der Waals surface area contributed by atoms with Crippen LogP contribution in [0.1, 0.15) is 148 Å². The largest absolute Gasteiger partial charge is 0.481 e. The van der Waals surface area contributed by atoms with Crippen LogP contribution in [-0.2, 0) is 33.6 Å². The van der Waals surface area contributed by atoms with Gasteiger partial charge in [-0.2, -0.15) is 0 Å². The molecule has 0 fully saturated rings. The van der Waals surface area contributed by atoms with E-state index in [-0.39, 0.29) is 51.5 Å². The Labute approximate surface area is 295 Å². The van der Waals surface area contributed by atoms with E-state index in [1.165, 1.54) is 32.1 Å². The van der Waals surface area contributed by atoms with Crippen molar-refractivity contribution in [3.63, 3.8) is 0 Å². The summed E-state index contributed by atoms with van der Waals surface area (Å²) in [4.78, 5) is 81.5. The van der Waals surface area contributed by atoms with Gasteiger partial charge in [-0.25, -0.2) is 15.0 Å². The number of carboxylic acids is 4. The van der Waals surface area contributed by atoms with Crippen molar-refractivity contribution in [1.82, 2.24) is 21.4 Å². The summed E-state index contributed by atoms with van der Waals surface area (Å²) in [5, 5.41) is 43.9. The van der Waals surface area contributed by atoms with Crippen LogP contribution in [0.25, 0.3) is 0 Å². The molecule has 288 valence electrons. The Balaban J connectivity index is 4.10. The van der Waals surface area contributed by atoms with E-state index in [1.807, 2.05) is 0 Å². The molecule has 0 aromatic rings. The fraction of sp³-hybridized carbons (Fsp3) is 0.794. The fourth-order valence-electron chi connectivity index (χ4n) is 5.35. The number of carbonyl (C=O) groups is 7. The van der Waals surface area contributed by atoms with Gasteiger partial charge in [0.05, 0.1) is 0 Å². The quantitative estimate of drug-likeness (QED) is 0.0263. The first-order valence-electron chi connectivity index (χ1n) is 18.1. The predicted molar refractivity (Wildman–Crippen MR) is 185 cm³/mol. The zero-order valence-electron chi connectivity index (χ0n) is 29.4. The Morgan fingerprint density at radius 2 is 0.800 bits per heavy atom. The summed E-state index contributed by atoms with van der Waals surface area (Å²) in [6.07, 6.45) is 15.3. The van der Waals surface area contributed by atoms with Crippen LogP contribution in [0.15, 0.2) is 0 Å². The molecule has 50 heavy (non-hydrogen) atoms. The van der Waals surface area contributed by atoms with Crippen LogP contribution in [0.5, 0.6) is 0 Å². The van der Waals surface area contributed by atoms with Gasteiger partial charge in [0, 0.05) is 32.2 Å². The van der Waals surface area contributed by atoms with Gasteiger partial charge >= 0.3 is 23.9 Å². The lowest BCUT2D eigenvalue weighted by Crippen LogP contribution is -2.44. The fourth-order valence-corrected chi connectivity index (χ4v) is 5.35. The zero-order valence-corrected chi connectivity index (χ0v) is 29.4. The molecule has 0 saturated heterocycles. The second-order valence-corrected chi connectivity index (χ2v) is 12.7. The summed E-state index contributed by atoms with van der Waals surface area (Å²) < 4.78 is 0. The molecular weight excluding hydrogens is 654 g/mol. The Bertz CT molecular complexity index is 1030. The highest BCUT2D eigenvalue weighted by molar-refractivity contribution is 5.86. The molecule has 0 aliphatic heterocycles. The van der Waals surface area contributed by atoms with Gasteiger partial charge < -0.3 is 36.4 Å². The summed E-state index contributed by atoms with van der Waals surface area (Å²) in [6, 6.07) is -3.56. The molecule has 0 aliphatic rings. The predicted octanol–water partition coefficient (Wildman–Crippen LogP) is 3.21. The second-order valence-electron chi connectivity index (χ2n) is 12.7. The first-order chi connectivity index (χ1) is 23.9. The maximum Gasteiger partial charge on any atom is 0.326 e. The van der Waals surface area contributed by atoms with Gasteiger partial charge in [-0.05, 0) is 44.9 Å². The molecule has 0 spiro atoms. The van der Waals surface area contributed by atoms with Crippen molar-refractivity contribution in [3.05, 3.63) is 0 Å². The van der Waals surface area contributed by atoms with Gasteiger partial charge in [-0.3, -0.25) is 29.8 Å². The Kier molecular flexibility index (Phi) is 27.8. The maximum atomic E-state index is 12.4. The number of carbonyl (C=O) groups excluding carboxylic acids is 3. The van der Waals surface area contributed by atoms with E-state index in [2.05, 4.69) is 21.4 Å². The molecule has 3 atom stereocenters. The van der Waals surface area contributed by atoms with Crippen LogP contribution >= 0.6 is 0 Å². The molecule has 3 amide bonds.